The normalized spacial score (nSPS) is 13.0. The molecule has 0 saturated heterocycles. The second-order valence-electron chi connectivity index (χ2n) is 7.29. The van der Waals surface area contributed by atoms with Crippen LogP contribution < -0.4 is 10.6 Å². The molecule has 0 saturated carbocycles. The van der Waals surface area contributed by atoms with Gasteiger partial charge in [0.25, 0.3) is 0 Å². The SMILES string of the molecule is CCC(NCCc1ccc(NC(=O)OC(C)(C)C)cc1)C(C)C. The molecule has 0 heterocycles. The molecular formula is C19H32N2O2. The fraction of sp³-hybridized carbons (Fsp3) is 0.632. The smallest absolute Gasteiger partial charge is 0.412 e. The molecule has 1 aromatic carbocycles. The van der Waals surface area contributed by atoms with Crippen molar-refractivity contribution in [2.75, 3.05) is 11.9 Å². The Labute approximate surface area is 141 Å². The van der Waals surface area contributed by atoms with E-state index < -0.39 is 11.7 Å². The lowest BCUT2D eigenvalue weighted by molar-refractivity contribution is 0.0636. The Morgan fingerprint density at radius 2 is 1.78 bits per heavy atom. The van der Waals surface area contributed by atoms with Gasteiger partial charge in [0.1, 0.15) is 5.60 Å². The molecule has 0 aliphatic carbocycles. The van der Waals surface area contributed by atoms with Crippen molar-refractivity contribution in [1.82, 2.24) is 5.32 Å². The highest BCUT2D eigenvalue weighted by atomic mass is 16.6. The first-order valence-electron chi connectivity index (χ1n) is 8.53. The van der Waals surface area contributed by atoms with Crippen LogP contribution in [0.4, 0.5) is 10.5 Å². The highest BCUT2D eigenvalue weighted by molar-refractivity contribution is 5.84. The molecule has 0 bridgehead atoms. The van der Waals surface area contributed by atoms with Crippen LogP contribution in [-0.2, 0) is 11.2 Å². The summed E-state index contributed by atoms with van der Waals surface area (Å²) in [4.78, 5) is 11.7. The summed E-state index contributed by atoms with van der Waals surface area (Å²) >= 11 is 0. The van der Waals surface area contributed by atoms with Crippen molar-refractivity contribution >= 4 is 11.8 Å². The fourth-order valence-electron chi connectivity index (χ4n) is 2.43. The molecule has 0 aromatic heterocycles. The summed E-state index contributed by atoms with van der Waals surface area (Å²) in [5.41, 5.74) is 1.53. The lowest BCUT2D eigenvalue weighted by Gasteiger charge is -2.21. The van der Waals surface area contributed by atoms with Crippen LogP contribution in [0.5, 0.6) is 0 Å². The van der Waals surface area contributed by atoms with Crippen molar-refractivity contribution in [2.45, 2.75) is 66.0 Å². The minimum atomic E-state index is -0.484. The summed E-state index contributed by atoms with van der Waals surface area (Å²) in [6, 6.07) is 8.50. The first-order valence-corrected chi connectivity index (χ1v) is 8.53. The summed E-state index contributed by atoms with van der Waals surface area (Å²) in [6.07, 6.45) is 1.71. The van der Waals surface area contributed by atoms with Crippen LogP contribution in [0, 0.1) is 5.92 Å². The van der Waals surface area contributed by atoms with Crippen LogP contribution in [-0.4, -0.2) is 24.3 Å². The maximum Gasteiger partial charge on any atom is 0.412 e. The molecule has 0 fully saturated rings. The van der Waals surface area contributed by atoms with E-state index >= 15 is 0 Å². The van der Waals surface area contributed by atoms with E-state index in [-0.39, 0.29) is 0 Å². The number of hydrogen-bond donors (Lipinski definition) is 2. The average Bonchev–Trinajstić information content (AvgIpc) is 2.42. The number of anilines is 1. The monoisotopic (exact) mass is 320 g/mol. The van der Waals surface area contributed by atoms with E-state index in [0.717, 1.165) is 25.1 Å². The topological polar surface area (TPSA) is 50.4 Å². The van der Waals surface area contributed by atoms with Gasteiger partial charge in [0.2, 0.25) is 0 Å². The lowest BCUT2D eigenvalue weighted by Crippen LogP contribution is -2.34. The molecule has 1 atom stereocenters. The number of benzene rings is 1. The van der Waals surface area contributed by atoms with Crippen LogP contribution in [0.15, 0.2) is 24.3 Å². The third-order valence-corrected chi connectivity index (χ3v) is 3.66. The third kappa shape index (κ3) is 8.03. The fourth-order valence-corrected chi connectivity index (χ4v) is 2.43. The Bertz CT molecular complexity index is 475. The Hall–Kier alpha value is -1.55. The third-order valence-electron chi connectivity index (χ3n) is 3.66. The first kappa shape index (κ1) is 19.5. The second kappa shape index (κ2) is 8.92. The van der Waals surface area contributed by atoms with E-state index in [0.29, 0.717) is 12.0 Å². The van der Waals surface area contributed by atoms with Gasteiger partial charge in [-0.25, -0.2) is 4.79 Å². The van der Waals surface area contributed by atoms with Gasteiger partial charge in [-0.05, 0) is 63.8 Å². The maximum atomic E-state index is 11.7. The van der Waals surface area contributed by atoms with Gasteiger partial charge < -0.3 is 10.1 Å². The lowest BCUT2D eigenvalue weighted by atomic mass is 10.0. The Morgan fingerprint density at radius 1 is 1.17 bits per heavy atom. The predicted molar refractivity (Wildman–Crippen MR) is 96.9 cm³/mol. The summed E-state index contributed by atoms with van der Waals surface area (Å²) in [6.45, 7) is 13.2. The quantitative estimate of drug-likeness (QED) is 0.772. The maximum absolute atomic E-state index is 11.7. The zero-order chi connectivity index (χ0) is 17.5. The minimum absolute atomic E-state index is 0.422. The van der Waals surface area contributed by atoms with Crippen LogP contribution >= 0.6 is 0 Å². The zero-order valence-corrected chi connectivity index (χ0v) is 15.4. The number of carbonyl (C=O) groups excluding carboxylic acids is 1. The van der Waals surface area contributed by atoms with Gasteiger partial charge in [0.15, 0.2) is 0 Å². The molecule has 130 valence electrons. The molecule has 0 spiro atoms. The Kier molecular flexibility index (Phi) is 7.56. The molecule has 2 N–H and O–H groups in total. The standard InChI is InChI=1S/C19H32N2O2/c1-7-17(14(2)3)20-13-12-15-8-10-16(11-9-15)21-18(22)23-19(4,5)6/h8-11,14,17,20H,7,12-13H2,1-6H3,(H,21,22). The average molecular weight is 320 g/mol. The zero-order valence-electron chi connectivity index (χ0n) is 15.4. The van der Waals surface area contributed by atoms with Crippen LogP contribution in [0.25, 0.3) is 0 Å². The molecule has 1 aromatic rings. The van der Waals surface area contributed by atoms with Gasteiger partial charge in [-0.3, -0.25) is 5.32 Å². The van der Waals surface area contributed by atoms with Gasteiger partial charge in [-0.1, -0.05) is 32.9 Å². The highest BCUT2D eigenvalue weighted by Crippen LogP contribution is 2.13. The molecule has 0 aliphatic rings. The van der Waals surface area contributed by atoms with Gasteiger partial charge in [-0.15, -0.1) is 0 Å². The van der Waals surface area contributed by atoms with E-state index in [1.54, 1.807) is 0 Å². The number of ether oxygens (including phenoxy) is 1. The largest absolute Gasteiger partial charge is 0.444 e. The summed E-state index contributed by atoms with van der Waals surface area (Å²) in [5, 5.41) is 6.35. The van der Waals surface area contributed by atoms with Crippen LogP contribution in [0.3, 0.4) is 0 Å². The van der Waals surface area contributed by atoms with Gasteiger partial charge >= 0.3 is 6.09 Å². The Morgan fingerprint density at radius 3 is 2.26 bits per heavy atom. The number of nitrogens with one attached hydrogen (secondary N) is 2. The molecule has 1 unspecified atom stereocenters. The molecule has 1 rings (SSSR count). The van der Waals surface area contributed by atoms with E-state index in [9.17, 15) is 4.79 Å². The molecular weight excluding hydrogens is 288 g/mol. The summed E-state index contributed by atoms with van der Waals surface area (Å²) < 4.78 is 5.24. The number of carbonyl (C=O) groups is 1. The Balaban J connectivity index is 2.43. The number of amides is 1. The molecule has 0 aliphatic heterocycles. The second-order valence-corrected chi connectivity index (χ2v) is 7.29. The van der Waals surface area contributed by atoms with Crippen molar-refractivity contribution in [2.24, 2.45) is 5.92 Å². The molecule has 4 nitrogen and oxygen atoms in total. The van der Waals surface area contributed by atoms with Crippen LogP contribution in [0.1, 0.15) is 53.5 Å². The van der Waals surface area contributed by atoms with Crippen molar-refractivity contribution < 1.29 is 9.53 Å². The predicted octanol–water partition coefficient (Wildman–Crippen LogP) is 4.60. The van der Waals surface area contributed by atoms with Crippen molar-refractivity contribution in [3.63, 3.8) is 0 Å². The van der Waals surface area contributed by atoms with E-state index in [1.165, 1.54) is 5.56 Å². The van der Waals surface area contributed by atoms with Gasteiger partial charge in [-0.2, -0.15) is 0 Å². The van der Waals surface area contributed by atoms with Gasteiger partial charge in [0, 0.05) is 11.7 Å². The molecule has 23 heavy (non-hydrogen) atoms. The van der Waals surface area contributed by atoms with Crippen molar-refractivity contribution in [1.29, 1.82) is 0 Å². The van der Waals surface area contributed by atoms with Crippen molar-refractivity contribution in [3.8, 4) is 0 Å². The molecule has 0 radical (unpaired) electrons. The molecule has 1 amide bonds. The minimum Gasteiger partial charge on any atom is -0.444 e. The highest BCUT2D eigenvalue weighted by Gasteiger charge is 2.16. The van der Waals surface area contributed by atoms with E-state index in [1.807, 2.05) is 45.0 Å². The summed E-state index contributed by atoms with van der Waals surface area (Å²) in [5.74, 6) is 0.653. The molecule has 4 heteroatoms. The first-order chi connectivity index (χ1) is 10.7. The number of hydrogen-bond acceptors (Lipinski definition) is 3. The number of rotatable bonds is 7. The van der Waals surface area contributed by atoms with Gasteiger partial charge in [0.05, 0.1) is 0 Å². The van der Waals surface area contributed by atoms with Crippen LogP contribution in [0.2, 0.25) is 0 Å². The van der Waals surface area contributed by atoms with E-state index in [4.69, 9.17) is 4.74 Å². The summed E-state index contributed by atoms with van der Waals surface area (Å²) in [7, 11) is 0. The van der Waals surface area contributed by atoms with E-state index in [2.05, 4.69) is 31.4 Å². The van der Waals surface area contributed by atoms with Crippen molar-refractivity contribution in [3.05, 3.63) is 29.8 Å².